The van der Waals surface area contributed by atoms with Crippen LogP contribution in [0.2, 0.25) is 5.15 Å². The van der Waals surface area contributed by atoms with Crippen LogP contribution in [-0.4, -0.2) is 45.6 Å². The number of pyridine rings is 2. The van der Waals surface area contributed by atoms with Gasteiger partial charge in [-0.3, -0.25) is 9.69 Å². The van der Waals surface area contributed by atoms with E-state index in [1.807, 2.05) is 6.20 Å². The van der Waals surface area contributed by atoms with E-state index >= 15 is 0 Å². The smallest absolute Gasteiger partial charge is 0.270 e. The van der Waals surface area contributed by atoms with Crippen molar-refractivity contribution in [2.45, 2.75) is 6.54 Å². The van der Waals surface area contributed by atoms with Crippen LogP contribution >= 0.6 is 11.6 Å². The fourth-order valence-corrected chi connectivity index (χ4v) is 4.58. The van der Waals surface area contributed by atoms with Crippen LogP contribution in [0.1, 0.15) is 11.1 Å². The van der Waals surface area contributed by atoms with E-state index in [0.717, 1.165) is 19.6 Å². The molecule has 0 bridgehead atoms. The Hall–Kier alpha value is -3.34. The van der Waals surface area contributed by atoms with Gasteiger partial charge in [-0.15, -0.1) is 0 Å². The lowest BCUT2D eigenvalue weighted by Gasteiger charge is -2.36. The highest BCUT2D eigenvalue weighted by Gasteiger charge is 2.25. The lowest BCUT2D eigenvalue weighted by atomic mass is 10.1. The molecule has 1 aliphatic heterocycles. The van der Waals surface area contributed by atoms with E-state index in [1.165, 1.54) is 21.0 Å². The van der Waals surface area contributed by atoms with Crippen molar-refractivity contribution >= 4 is 39.2 Å². The summed E-state index contributed by atoms with van der Waals surface area (Å²) < 4.78 is 1.47. The van der Waals surface area contributed by atoms with Gasteiger partial charge < -0.3 is 14.5 Å². The average Bonchev–Trinajstić information content (AvgIpc) is 3.27. The summed E-state index contributed by atoms with van der Waals surface area (Å²) in [6.07, 6.45) is 1.97. The summed E-state index contributed by atoms with van der Waals surface area (Å²) in [6.45, 7) is 3.88. The van der Waals surface area contributed by atoms with Crippen LogP contribution in [0.4, 0.5) is 5.69 Å². The third kappa shape index (κ3) is 3.34. The highest BCUT2D eigenvalue weighted by Crippen LogP contribution is 2.29. The van der Waals surface area contributed by atoms with Gasteiger partial charge in [-0.1, -0.05) is 29.8 Å². The first-order valence-electron chi connectivity index (χ1n) is 10.2. The number of rotatable bonds is 3. The second-order valence-corrected chi connectivity index (χ2v) is 8.21. The fraction of sp³-hybridized carbons (Fsp3) is 0.261. The number of aromatic nitrogens is 3. The number of nitrogens with zero attached hydrogens (tertiary/aromatic N) is 5. The van der Waals surface area contributed by atoms with E-state index < -0.39 is 0 Å². The molecule has 1 aliphatic rings. The van der Waals surface area contributed by atoms with Crippen LogP contribution in [0, 0.1) is 11.3 Å². The summed E-state index contributed by atoms with van der Waals surface area (Å²) in [6, 6.07) is 14.0. The number of benzene rings is 1. The highest BCUT2D eigenvalue weighted by molar-refractivity contribution is 6.29. The average molecular weight is 433 g/mol. The Kier molecular flexibility index (Phi) is 4.89. The van der Waals surface area contributed by atoms with E-state index in [1.54, 1.807) is 19.2 Å². The van der Waals surface area contributed by atoms with Gasteiger partial charge in [-0.2, -0.15) is 5.26 Å². The van der Waals surface area contributed by atoms with Gasteiger partial charge in [0.2, 0.25) is 0 Å². The highest BCUT2D eigenvalue weighted by atomic mass is 35.5. The van der Waals surface area contributed by atoms with Crippen molar-refractivity contribution in [3.63, 3.8) is 0 Å². The third-order valence-corrected chi connectivity index (χ3v) is 6.26. The minimum Gasteiger partial charge on any atom is -0.366 e. The molecule has 1 N–H and O–H groups in total. The molecule has 0 amide bonds. The van der Waals surface area contributed by atoms with Gasteiger partial charge in [0.15, 0.2) is 0 Å². The summed E-state index contributed by atoms with van der Waals surface area (Å²) in [5.41, 5.74) is 4.10. The Bertz CT molecular complexity index is 1390. The molecule has 1 saturated heterocycles. The van der Waals surface area contributed by atoms with Gasteiger partial charge in [-0.05, 0) is 29.1 Å². The first-order chi connectivity index (χ1) is 15.1. The SMILES string of the molecule is Cn1c(=O)c(C#N)c(N2CCN(Cc3cccc4cc[nH]c34)CC2)c2nc(Cl)ccc21. The molecule has 3 aromatic heterocycles. The number of para-hydroxylation sites is 1. The van der Waals surface area contributed by atoms with E-state index in [-0.39, 0.29) is 11.1 Å². The predicted octanol–water partition coefficient (Wildman–Crippen LogP) is 3.26. The normalized spacial score (nSPS) is 14.9. The largest absolute Gasteiger partial charge is 0.366 e. The number of H-pyrrole nitrogens is 1. The number of hydrogen-bond acceptors (Lipinski definition) is 5. The van der Waals surface area contributed by atoms with E-state index in [0.29, 0.717) is 35.0 Å². The first-order valence-corrected chi connectivity index (χ1v) is 10.6. The molecule has 0 atom stereocenters. The Balaban J connectivity index is 1.45. The van der Waals surface area contributed by atoms with Gasteiger partial charge in [0.25, 0.3) is 5.56 Å². The number of nitrogens with one attached hydrogen (secondary N) is 1. The molecule has 0 radical (unpaired) electrons. The van der Waals surface area contributed by atoms with Crippen LogP contribution in [-0.2, 0) is 13.6 Å². The molecule has 0 unspecified atom stereocenters. The van der Waals surface area contributed by atoms with Crippen molar-refractivity contribution in [1.82, 2.24) is 19.4 Å². The van der Waals surface area contributed by atoms with Crippen LogP contribution in [0.3, 0.4) is 0 Å². The number of fused-ring (bicyclic) bond motifs is 2. The molecular formula is C23H21ClN6O. The van der Waals surface area contributed by atoms with Crippen molar-refractivity contribution in [2.24, 2.45) is 7.05 Å². The lowest BCUT2D eigenvalue weighted by Crippen LogP contribution is -2.47. The summed E-state index contributed by atoms with van der Waals surface area (Å²) in [7, 11) is 1.66. The minimum atomic E-state index is -0.310. The Labute approximate surface area is 184 Å². The number of nitriles is 1. The van der Waals surface area contributed by atoms with Crippen molar-refractivity contribution in [3.8, 4) is 6.07 Å². The summed E-state index contributed by atoms with van der Waals surface area (Å²) >= 11 is 6.16. The fourth-order valence-electron chi connectivity index (χ4n) is 4.43. The zero-order valence-corrected chi connectivity index (χ0v) is 17.9. The summed E-state index contributed by atoms with van der Waals surface area (Å²) in [4.78, 5) is 25.1. The maximum absolute atomic E-state index is 12.8. The third-order valence-electron chi connectivity index (χ3n) is 6.05. The van der Waals surface area contributed by atoms with Crippen molar-refractivity contribution in [2.75, 3.05) is 31.1 Å². The first kappa shape index (κ1) is 19.6. The number of aromatic amines is 1. The van der Waals surface area contributed by atoms with Gasteiger partial charge in [0, 0.05) is 51.5 Å². The molecule has 31 heavy (non-hydrogen) atoms. The number of anilines is 1. The van der Waals surface area contributed by atoms with Gasteiger partial charge >= 0.3 is 0 Å². The van der Waals surface area contributed by atoms with E-state index in [9.17, 15) is 10.1 Å². The molecular weight excluding hydrogens is 412 g/mol. The molecule has 0 saturated carbocycles. The maximum Gasteiger partial charge on any atom is 0.270 e. The standard InChI is InChI=1S/C23H21ClN6O/c1-28-18-5-6-19(24)27-21(18)22(17(13-25)23(28)31)30-11-9-29(10-12-30)14-16-4-2-3-15-7-8-26-20(15)16/h2-8,26H,9-12,14H2,1H3. The molecule has 5 rings (SSSR count). The quantitative estimate of drug-likeness (QED) is 0.502. The molecule has 0 aliphatic carbocycles. The van der Waals surface area contributed by atoms with E-state index in [4.69, 9.17) is 11.6 Å². The van der Waals surface area contributed by atoms with Crippen molar-refractivity contribution < 1.29 is 0 Å². The molecule has 0 spiro atoms. The van der Waals surface area contributed by atoms with Gasteiger partial charge in [0.1, 0.15) is 22.3 Å². The number of hydrogen-bond donors (Lipinski definition) is 1. The maximum atomic E-state index is 12.8. The van der Waals surface area contributed by atoms with Gasteiger partial charge in [-0.25, -0.2) is 4.98 Å². The number of piperazine rings is 1. The zero-order valence-electron chi connectivity index (χ0n) is 17.1. The molecule has 1 aromatic carbocycles. The monoisotopic (exact) mass is 432 g/mol. The minimum absolute atomic E-state index is 0.120. The number of halogens is 1. The zero-order chi connectivity index (χ0) is 21.5. The molecule has 8 heteroatoms. The summed E-state index contributed by atoms with van der Waals surface area (Å²) in [5.74, 6) is 0. The molecule has 4 aromatic rings. The van der Waals surface area contributed by atoms with E-state index in [2.05, 4.69) is 50.1 Å². The Morgan fingerprint density at radius 3 is 2.74 bits per heavy atom. The lowest BCUT2D eigenvalue weighted by molar-refractivity contribution is 0.250. The second-order valence-electron chi connectivity index (χ2n) is 7.82. The molecule has 1 fully saturated rings. The van der Waals surface area contributed by atoms with Crippen LogP contribution in [0.25, 0.3) is 21.9 Å². The van der Waals surface area contributed by atoms with Crippen molar-refractivity contribution in [1.29, 1.82) is 5.26 Å². The van der Waals surface area contributed by atoms with Gasteiger partial charge in [0.05, 0.1) is 11.2 Å². The molecule has 156 valence electrons. The second kappa shape index (κ2) is 7.73. The Morgan fingerprint density at radius 1 is 1.16 bits per heavy atom. The molecule has 7 nitrogen and oxygen atoms in total. The summed E-state index contributed by atoms with van der Waals surface area (Å²) in [5, 5.41) is 11.3. The topological polar surface area (TPSA) is 81.0 Å². The van der Waals surface area contributed by atoms with Crippen LogP contribution < -0.4 is 10.5 Å². The Morgan fingerprint density at radius 2 is 1.97 bits per heavy atom. The van der Waals surface area contributed by atoms with Crippen LogP contribution in [0.5, 0.6) is 0 Å². The molecule has 4 heterocycles. The van der Waals surface area contributed by atoms with Crippen molar-refractivity contribution in [3.05, 3.63) is 69.2 Å². The van der Waals surface area contributed by atoms with Crippen LogP contribution in [0.15, 0.2) is 47.4 Å². The number of aryl methyl sites for hydroxylation is 1. The predicted molar refractivity (Wildman–Crippen MR) is 122 cm³/mol.